The van der Waals surface area contributed by atoms with Gasteiger partial charge in [0.25, 0.3) is 0 Å². The summed E-state index contributed by atoms with van der Waals surface area (Å²) >= 11 is 0. The molecule has 0 unspecified atom stereocenters. The number of aromatic nitrogens is 7. The van der Waals surface area contributed by atoms with Crippen LogP contribution in [0.25, 0.3) is 51.4 Å². The van der Waals surface area contributed by atoms with E-state index in [9.17, 15) is 4.39 Å². The molecule has 5 aromatic rings. The Morgan fingerprint density at radius 2 is 2.09 bits per heavy atom. The van der Waals surface area contributed by atoms with Gasteiger partial charge in [0.1, 0.15) is 11.5 Å². The van der Waals surface area contributed by atoms with Crippen molar-refractivity contribution in [3.8, 4) is 22.6 Å². The summed E-state index contributed by atoms with van der Waals surface area (Å²) in [7, 11) is 3.70. The van der Waals surface area contributed by atoms with Gasteiger partial charge in [-0.1, -0.05) is 12.7 Å². The predicted molar refractivity (Wildman–Crippen MR) is 136 cm³/mol. The third-order valence-corrected chi connectivity index (χ3v) is 5.78. The Kier molecular flexibility index (Phi) is 5.84. The maximum absolute atomic E-state index is 14.4. The second-order valence-corrected chi connectivity index (χ2v) is 8.31. The van der Waals surface area contributed by atoms with E-state index in [1.54, 1.807) is 23.3 Å². The number of nitrogens with one attached hydrogen (secondary N) is 3. The van der Waals surface area contributed by atoms with Crippen molar-refractivity contribution in [3.05, 3.63) is 77.1 Å². The molecule has 4 heterocycles. The Hall–Kier alpha value is -4.37. The van der Waals surface area contributed by atoms with Gasteiger partial charge >= 0.3 is 0 Å². The molecule has 5 rings (SSSR count). The van der Waals surface area contributed by atoms with E-state index in [1.807, 2.05) is 45.4 Å². The topological polar surface area (TPSA) is 100 Å². The number of rotatable bonds is 6. The number of hydrogen-bond acceptors (Lipinski definition) is 5. The van der Waals surface area contributed by atoms with Gasteiger partial charge < -0.3 is 10.3 Å². The van der Waals surface area contributed by atoms with Crippen LogP contribution in [-0.2, 0) is 13.6 Å². The summed E-state index contributed by atoms with van der Waals surface area (Å²) in [6.45, 7) is 6.70. The molecule has 0 fully saturated rings. The summed E-state index contributed by atoms with van der Waals surface area (Å²) in [6, 6.07) is 4.97. The molecular weight excluding hydrogens is 443 g/mol. The van der Waals surface area contributed by atoms with Crippen LogP contribution in [0, 0.1) is 5.82 Å². The number of benzene rings is 1. The highest BCUT2D eigenvalue weighted by molar-refractivity contribution is 5.93. The number of imidazole rings is 1. The first kappa shape index (κ1) is 22.4. The third kappa shape index (κ3) is 4.29. The van der Waals surface area contributed by atoms with Crippen LogP contribution in [0.15, 0.2) is 49.6 Å². The van der Waals surface area contributed by atoms with E-state index in [2.05, 4.69) is 37.2 Å². The zero-order valence-corrected chi connectivity index (χ0v) is 19.7. The largest absolute Gasteiger partial charge is 0.335 e. The highest BCUT2D eigenvalue weighted by Gasteiger charge is 2.15. The van der Waals surface area contributed by atoms with E-state index < -0.39 is 0 Å². The van der Waals surface area contributed by atoms with Gasteiger partial charge in [0.05, 0.1) is 28.8 Å². The lowest BCUT2D eigenvalue weighted by Crippen LogP contribution is -2.23. The minimum absolute atomic E-state index is 0.304. The van der Waals surface area contributed by atoms with Crippen LogP contribution >= 0.6 is 0 Å². The van der Waals surface area contributed by atoms with E-state index in [-0.39, 0.29) is 5.82 Å². The Morgan fingerprint density at radius 3 is 2.83 bits per heavy atom. The third-order valence-electron chi connectivity index (χ3n) is 5.78. The summed E-state index contributed by atoms with van der Waals surface area (Å²) in [6.07, 6.45) is 11.0. The fraction of sp³-hybridized carbons (Fsp3) is 0.154. The van der Waals surface area contributed by atoms with E-state index in [1.165, 1.54) is 12.1 Å². The first-order valence-electron chi connectivity index (χ1n) is 11.2. The number of H-pyrrole nitrogens is 2. The zero-order valence-electron chi connectivity index (χ0n) is 19.7. The molecule has 0 aliphatic heterocycles. The monoisotopic (exact) mass is 468 g/mol. The number of pyridine rings is 1. The summed E-state index contributed by atoms with van der Waals surface area (Å²) in [5, 5.41) is 16.6. The lowest BCUT2D eigenvalue weighted by atomic mass is 10.0. The van der Waals surface area contributed by atoms with E-state index in [4.69, 9.17) is 4.98 Å². The molecule has 1 aromatic carbocycles. The Balaban J connectivity index is 1.65. The predicted octanol–water partition coefficient (Wildman–Crippen LogP) is 2.90. The molecule has 0 saturated carbocycles. The van der Waals surface area contributed by atoms with Crippen molar-refractivity contribution in [2.75, 3.05) is 7.05 Å². The molecule has 0 spiro atoms. The lowest BCUT2D eigenvalue weighted by molar-refractivity contribution is 0.624. The molecule has 0 atom stereocenters. The summed E-state index contributed by atoms with van der Waals surface area (Å²) < 4.78 is 16.1. The molecule has 0 amide bonds. The maximum atomic E-state index is 14.4. The van der Waals surface area contributed by atoms with Crippen molar-refractivity contribution in [1.29, 1.82) is 0 Å². The van der Waals surface area contributed by atoms with E-state index in [0.29, 0.717) is 29.1 Å². The first-order valence-corrected chi connectivity index (χ1v) is 11.2. The molecule has 8 nitrogen and oxygen atoms in total. The van der Waals surface area contributed by atoms with Crippen molar-refractivity contribution in [3.63, 3.8) is 0 Å². The quantitative estimate of drug-likeness (QED) is 0.356. The first-order chi connectivity index (χ1) is 17.0. The second kappa shape index (κ2) is 9.11. The fourth-order valence-corrected chi connectivity index (χ4v) is 4.12. The Labute approximate surface area is 201 Å². The van der Waals surface area contributed by atoms with Crippen LogP contribution < -0.4 is 15.9 Å². The molecule has 0 bridgehead atoms. The average molecular weight is 469 g/mol. The van der Waals surface area contributed by atoms with Crippen LogP contribution in [0.5, 0.6) is 0 Å². The van der Waals surface area contributed by atoms with Crippen LogP contribution in [0.3, 0.4) is 0 Å². The summed E-state index contributed by atoms with van der Waals surface area (Å²) in [4.78, 5) is 12.6. The number of hydrogen-bond donors (Lipinski definition) is 3. The van der Waals surface area contributed by atoms with E-state index in [0.717, 1.165) is 38.3 Å². The lowest BCUT2D eigenvalue weighted by Gasteiger charge is -2.06. The molecule has 0 aliphatic rings. The molecular formula is C26H25FN8. The minimum atomic E-state index is -0.304. The van der Waals surface area contributed by atoms with Gasteiger partial charge in [-0.05, 0) is 54.9 Å². The van der Waals surface area contributed by atoms with Gasteiger partial charge in [0, 0.05) is 42.3 Å². The van der Waals surface area contributed by atoms with Gasteiger partial charge in [-0.15, -0.1) is 0 Å². The SMILES string of the molecule is C=C(/C=c1/c(-c2nc3c(-c4cc(F)cc(CNC)c4)cncc3[nH]2)n[nH]/c1=C/C)c1cnn(C)c1. The fourth-order valence-electron chi connectivity index (χ4n) is 4.12. The molecule has 0 aliphatic carbocycles. The highest BCUT2D eigenvalue weighted by atomic mass is 19.1. The number of aromatic amines is 2. The average Bonchev–Trinajstić information content (AvgIpc) is 3.56. The standard InChI is InChI=1S/C26H25FN8/c1-5-22-20(6-15(2)18-11-30-35(4)14-18)25(34-33-22)26-31-23-13-29-12-21(24(23)32-26)17-7-16(10-28-3)8-19(27)9-17/h5-9,11-14,28,33H,2,10H2,1,3-4H3,(H,31,32)/b20-6+,22-5+. The van der Waals surface area contributed by atoms with Gasteiger partial charge in [-0.3, -0.25) is 14.8 Å². The molecule has 176 valence electrons. The smallest absolute Gasteiger partial charge is 0.159 e. The van der Waals surface area contributed by atoms with Crippen LogP contribution in [0.2, 0.25) is 0 Å². The summed E-state index contributed by atoms with van der Waals surface area (Å²) in [5.41, 5.74) is 6.10. The van der Waals surface area contributed by atoms with Crippen molar-refractivity contribution in [2.45, 2.75) is 13.5 Å². The molecule has 9 heteroatoms. The molecule has 0 radical (unpaired) electrons. The van der Waals surface area contributed by atoms with Crippen molar-refractivity contribution >= 4 is 28.8 Å². The summed E-state index contributed by atoms with van der Waals surface area (Å²) in [5.74, 6) is 0.275. The van der Waals surface area contributed by atoms with Crippen molar-refractivity contribution in [2.24, 2.45) is 7.05 Å². The highest BCUT2D eigenvalue weighted by Crippen LogP contribution is 2.29. The number of halogens is 1. The van der Waals surface area contributed by atoms with Crippen LogP contribution in [0.4, 0.5) is 4.39 Å². The minimum Gasteiger partial charge on any atom is -0.335 e. The van der Waals surface area contributed by atoms with Crippen LogP contribution in [0.1, 0.15) is 18.1 Å². The molecule has 3 N–H and O–H groups in total. The van der Waals surface area contributed by atoms with Gasteiger partial charge in [0.15, 0.2) is 5.82 Å². The number of fused-ring (bicyclic) bond motifs is 1. The normalized spacial score (nSPS) is 12.7. The molecule has 4 aromatic heterocycles. The number of allylic oxidation sites excluding steroid dienone is 1. The number of aryl methyl sites for hydroxylation is 1. The Morgan fingerprint density at radius 1 is 1.23 bits per heavy atom. The number of nitrogens with zero attached hydrogens (tertiary/aromatic N) is 5. The maximum Gasteiger partial charge on any atom is 0.159 e. The van der Waals surface area contributed by atoms with Gasteiger partial charge in [-0.2, -0.15) is 10.2 Å². The molecule has 35 heavy (non-hydrogen) atoms. The van der Waals surface area contributed by atoms with Crippen molar-refractivity contribution in [1.82, 2.24) is 40.2 Å². The van der Waals surface area contributed by atoms with E-state index >= 15 is 0 Å². The van der Waals surface area contributed by atoms with Gasteiger partial charge in [0.2, 0.25) is 0 Å². The van der Waals surface area contributed by atoms with Crippen molar-refractivity contribution < 1.29 is 4.39 Å². The zero-order chi connectivity index (χ0) is 24.5. The second-order valence-electron chi connectivity index (χ2n) is 8.31. The Bertz CT molecular complexity index is 1670. The van der Waals surface area contributed by atoms with Crippen LogP contribution in [-0.4, -0.2) is 42.0 Å². The molecule has 0 saturated heterocycles. The van der Waals surface area contributed by atoms with Gasteiger partial charge in [-0.25, -0.2) is 9.37 Å².